The fraction of sp³-hybridized carbons (Fsp3) is 0.684. The number of nitrogens with zero attached hydrogens (tertiary/aromatic N) is 2. The van der Waals surface area contributed by atoms with Gasteiger partial charge in [-0.25, -0.2) is 0 Å². The first kappa shape index (κ1) is 21.6. The number of benzene rings is 1. The lowest BCUT2D eigenvalue weighted by Gasteiger charge is -2.43. The number of hydrogen-bond donors (Lipinski definition) is 1. The van der Waals surface area contributed by atoms with Crippen LogP contribution in [0.25, 0.3) is 0 Å². The van der Waals surface area contributed by atoms with Gasteiger partial charge in [0.1, 0.15) is 0 Å². The molecule has 0 amide bonds. The van der Waals surface area contributed by atoms with Crippen LogP contribution in [0, 0.1) is 5.92 Å². The van der Waals surface area contributed by atoms with E-state index >= 15 is 0 Å². The highest BCUT2D eigenvalue weighted by Crippen LogP contribution is 2.41. The molecule has 24 heavy (non-hydrogen) atoms. The molecular formula is C19H33Cl2N3. The zero-order chi connectivity index (χ0) is 15.4. The lowest BCUT2D eigenvalue weighted by Crippen LogP contribution is -2.47. The summed E-state index contributed by atoms with van der Waals surface area (Å²) >= 11 is 0. The van der Waals surface area contributed by atoms with Crippen molar-refractivity contribution in [3.8, 4) is 0 Å². The second kappa shape index (κ2) is 10.5. The predicted molar refractivity (Wildman–Crippen MR) is 109 cm³/mol. The highest BCUT2D eigenvalue weighted by Gasteiger charge is 2.33. The largest absolute Gasteiger partial charge is 0.372 e. The van der Waals surface area contributed by atoms with Gasteiger partial charge in [-0.2, -0.15) is 0 Å². The fourth-order valence-corrected chi connectivity index (χ4v) is 3.97. The second-order valence-corrected chi connectivity index (χ2v) is 6.69. The summed E-state index contributed by atoms with van der Waals surface area (Å²) in [4.78, 5) is 5.14. The number of anilines is 1. The molecule has 0 aromatic heterocycles. The van der Waals surface area contributed by atoms with Crippen LogP contribution >= 0.6 is 24.8 Å². The quantitative estimate of drug-likeness (QED) is 0.808. The van der Waals surface area contributed by atoms with Crippen LogP contribution in [-0.4, -0.2) is 44.2 Å². The molecule has 2 fully saturated rings. The fourth-order valence-electron chi connectivity index (χ4n) is 3.97. The topological polar surface area (TPSA) is 18.5 Å². The Morgan fingerprint density at radius 1 is 1.04 bits per heavy atom. The summed E-state index contributed by atoms with van der Waals surface area (Å²) in [5.41, 5.74) is 2.89. The van der Waals surface area contributed by atoms with E-state index in [1.54, 1.807) is 0 Å². The van der Waals surface area contributed by atoms with Crippen LogP contribution in [0.15, 0.2) is 24.3 Å². The molecule has 1 aliphatic heterocycles. The molecule has 0 bridgehead atoms. The van der Waals surface area contributed by atoms with Gasteiger partial charge < -0.3 is 10.2 Å². The molecule has 1 saturated heterocycles. The molecule has 5 heteroatoms. The number of piperazine rings is 1. The van der Waals surface area contributed by atoms with E-state index in [0.29, 0.717) is 6.04 Å². The van der Waals surface area contributed by atoms with Gasteiger partial charge in [-0.15, -0.1) is 24.8 Å². The lowest BCUT2D eigenvalue weighted by molar-refractivity contribution is 0.0837. The zero-order valence-electron chi connectivity index (χ0n) is 15.0. The van der Waals surface area contributed by atoms with Crippen molar-refractivity contribution in [1.29, 1.82) is 0 Å². The standard InChI is InChI=1S/C19H31N3.2ClH/c1-3-21(4-2)18-10-8-17(9-11-18)19(16-6-5-7-16)22-14-12-20-13-15-22;;/h8-11,16,19-20H,3-7,12-15H2,1-2H3;2*1H/t19-;;/m0../s1. The first-order valence-electron chi connectivity index (χ1n) is 9.13. The van der Waals surface area contributed by atoms with Crippen molar-refractivity contribution < 1.29 is 0 Å². The molecule has 1 aromatic carbocycles. The van der Waals surface area contributed by atoms with Crippen LogP contribution < -0.4 is 10.2 Å². The zero-order valence-corrected chi connectivity index (χ0v) is 16.7. The molecule has 1 N–H and O–H groups in total. The van der Waals surface area contributed by atoms with E-state index in [0.717, 1.165) is 32.1 Å². The van der Waals surface area contributed by atoms with Crippen LogP contribution in [0.4, 0.5) is 5.69 Å². The second-order valence-electron chi connectivity index (χ2n) is 6.69. The molecule has 2 aliphatic rings. The van der Waals surface area contributed by atoms with Crippen LogP contribution in [-0.2, 0) is 0 Å². The van der Waals surface area contributed by atoms with E-state index in [-0.39, 0.29) is 24.8 Å². The van der Waals surface area contributed by atoms with Gasteiger partial charge in [-0.1, -0.05) is 18.6 Å². The van der Waals surface area contributed by atoms with E-state index in [1.165, 1.54) is 43.6 Å². The molecule has 138 valence electrons. The van der Waals surface area contributed by atoms with Crippen molar-refractivity contribution in [2.75, 3.05) is 44.2 Å². The monoisotopic (exact) mass is 373 g/mol. The van der Waals surface area contributed by atoms with Gasteiger partial charge in [0.05, 0.1) is 0 Å². The Morgan fingerprint density at radius 2 is 1.62 bits per heavy atom. The third-order valence-corrected chi connectivity index (χ3v) is 5.50. The van der Waals surface area contributed by atoms with Crippen molar-refractivity contribution in [2.24, 2.45) is 5.92 Å². The van der Waals surface area contributed by atoms with Gasteiger partial charge in [0.15, 0.2) is 0 Å². The van der Waals surface area contributed by atoms with Crippen LogP contribution in [0.5, 0.6) is 0 Å². The summed E-state index contributed by atoms with van der Waals surface area (Å²) in [6.07, 6.45) is 4.24. The van der Waals surface area contributed by atoms with Crippen LogP contribution in [0.3, 0.4) is 0 Å². The van der Waals surface area contributed by atoms with E-state index in [2.05, 4.69) is 53.2 Å². The third kappa shape index (κ3) is 4.78. The summed E-state index contributed by atoms with van der Waals surface area (Å²) < 4.78 is 0. The van der Waals surface area contributed by atoms with Gasteiger partial charge in [0.2, 0.25) is 0 Å². The first-order chi connectivity index (χ1) is 10.8. The van der Waals surface area contributed by atoms with E-state index in [4.69, 9.17) is 0 Å². The maximum Gasteiger partial charge on any atom is 0.0377 e. The van der Waals surface area contributed by atoms with Gasteiger partial charge in [0.25, 0.3) is 0 Å². The lowest BCUT2D eigenvalue weighted by atomic mass is 9.76. The Kier molecular flexibility index (Phi) is 9.43. The molecule has 1 aliphatic carbocycles. The Balaban J connectivity index is 0.00000144. The molecule has 3 nitrogen and oxygen atoms in total. The molecule has 3 rings (SSSR count). The average Bonchev–Trinajstić information content (AvgIpc) is 2.53. The predicted octanol–water partition coefficient (Wildman–Crippen LogP) is 4.12. The highest BCUT2D eigenvalue weighted by atomic mass is 35.5. The van der Waals surface area contributed by atoms with Gasteiger partial charge >= 0.3 is 0 Å². The summed E-state index contributed by atoms with van der Waals surface area (Å²) in [6, 6.07) is 10.1. The van der Waals surface area contributed by atoms with Crippen molar-refractivity contribution >= 4 is 30.5 Å². The summed E-state index contributed by atoms with van der Waals surface area (Å²) in [5, 5.41) is 3.49. The number of halogens is 2. The van der Waals surface area contributed by atoms with Crippen LogP contribution in [0.2, 0.25) is 0 Å². The molecule has 0 radical (unpaired) electrons. The third-order valence-electron chi connectivity index (χ3n) is 5.50. The number of nitrogens with one attached hydrogen (secondary N) is 1. The molecule has 1 atom stereocenters. The maximum atomic E-state index is 3.49. The summed E-state index contributed by atoms with van der Waals surface area (Å²) in [6.45, 7) is 11.3. The molecule has 1 heterocycles. The first-order valence-corrected chi connectivity index (χ1v) is 9.13. The summed E-state index contributed by atoms with van der Waals surface area (Å²) in [7, 11) is 0. The molecular weight excluding hydrogens is 341 g/mol. The SMILES string of the molecule is CCN(CC)c1ccc([C@H](C2CCC2)N2CCNCC2)cc1.Cl.Cl. The Hall–Kier alpha value is -0.480. The molecule has 1 aromatic rings. The smallest absolute Gasteiger partial charge is 0.0377 e. The molecule has 0 unspecified atom stereocenters. The minimum atomic E-state index is 0. The Morgan fingerprint density at radius 3 is 2.08 bits per heavy atom. The average molecular weight is 374 g/mol. The van der Waals surface area contributed by atoms with Crippen molar-refractivity contribution in [3.05, 3.63) is 29.8 Å². The van der Waals surface area contributed by atoms with Crippen LogP contribution in [0.1, 0.15) is 44.7 Å². The number of hydrogen-bond acceptors (Lipinski definition) is 3. The van der Waals surface area contributed by atoms with Crippen molar-refractivity contribution in [2.45, 2.75) is 39.2 Å². The van der Waals surface area contributed by atoms with Crippen molar-refractivity contribution in [3.63, 3.8) is 0 Å². The Bertz CT molecular complexity index is 452. The van der Waals surface area contributed by atoms with Gasteiger partial charge in [-0.3, -0.25) is 4.90 Å². The Labute approximate surface area is 160 Å². The minimum absolute atomic E-state index is 0. The molecule has 1 saturated carbocycles. The van der Waals surface area contributed by atoms with Gasteiger partial charge in [-0.05, 0) is 50.3 Å². The van der Waals surface area contributed by atoms with E-state index in [9.17, 15) is 0 Å². The number of rotatable bonds is 6. The van der Waals surface area contributed by atoms with Crippen molar-refractivity contribution in [1.82, 2.24) is 10.2 Å². The molecule has 0 spiro atoms. The van der Waals surface area contributed by atoms with Gasteiger partial charge in [0, 0.05) is 51.0 Å². The summed E-state index contributed by atoms with van der Waals surface area (Å²) in [5.74, 6) is 0.873. The minimum Gasteiger partial charge on any atom is -0.372 e. The highest BCUT2D eigenvalue weighted by molar-refractivity contribution is 5.85. The maximum absolute atomic E-state index is 3.49. The normalized spacial score (nSPS) is 19.6. The van der Waals surface area contributed by atoms with E-state index < -0.39 is 0 Å². The van der Waals surface area contributed by atoms with E-state index in [1.807, 2.05) is 0 Å².